The number of hydrogen-bond donors (Lipinski definition) is 1. The molecule has 284 valence electrons. The van der Waals surface area contributed by atoms with Gasteiger partial charge in [-0.05, 0) is 70.6 Å². The second-order valence-corrected chi connectivity index (χ2v) is 14.3. The highest BCUT2D eigenvalue weighted by molar-refractivity contribution is 7.47. The summed E-state index contributed by atoms with van der Waals surface area (Å²) in [6, 6.07) is 0. The van der Waals surface area contributed by atoms with Crippen LogP contribution in [0.1, 0.15) is 168 Å². The van der Waals surface area contributed by atoms with E-state index in [9.17, 15) is 19.0 Å². The molecular weight excluding hydrogens is 639 g/mol. The summed E-state index contributed by atoms with van der Waals surface area (Å²) >= 11 is 0. The minimum Gasteiger partial charge on any atom is -0.462 e. The number of unbranched alkanes of at least 4 members (excludes halogenated alkanes) is 16. The van der Waals surface area contributed by atoms with Gasteiger partial charge in [0.05, 0.1) is 6.61 Å². The average Bonchev–Trinajstić information content (AvgIpc) is 3.09. The Kier molecular flexibility index (Phi) is 34.4. The van der Waals surface area contributed by atoms with E-state index in [4.69, 9.17) is 14.0 Å². The molecule has 0 aromatic carbocycles. The normalized spacial score (nSPS) is 14.0. The molecule has 0 aliphatic heterocycles. The highest BCUT2D eigenvalue weighted by Gasteiger charge is 2.24. The van der Waals surface area contributed by atoms with Crippen LogP contribution in [-0.4, -0.2) is 43.3 Å². The molecule has 0 aliphatic rings. The molecule has 0 bridgehead atoms. The lowest BCUT2D eigenvalue weighted by molar-refractivity contribution is -0.161. The maximum absolute atomic E-state index is 12.5. The number of phosphoric acid groups is 1. The summed E-state index contributed by atoms with van der Waals surface area (Å²) in [6.07, 6.45) is 41.5. The first-order chi connectivity index (χ1) is 23.8. The summed E-state index contributed by atoms with van der Waals surface area (Å²) in [4.78, 5) is 34.3. The van der Waals surface area contributed by atoms with E-state index in [2.05, 4.69) is 67.0 Å². The number of allylic oxidation sites excluding steroid dienone is 8. The fraction of sp³-hybridized carbons (Fsp3) is 0.750. The summed E-state index contributed by atoms with van der Waals surface area (Å²) in [5.41, 5.74) is 0. The molecular formula is C40H71O8P. The van der Waals surface area contributed by atoms with Gasteiger partial charge in [-0.25, -0.2) is 4.57 Å². The van der Waals surface area contributed by atoms with Crippen molar-refractivity contribution in [1.82, 2.24) is 0 Å². The molecule has 0 amide bonds. The van der Waals surface area contributed by atoms with Crippen molar-refractivity contribution >= 4 is 19.8 Å². The van der Waals surface area contributed by atoms with E-state index in [1.165, 1.54) is 51.4 Å². The van der Waals surface area contributed by atoms with Crippen molar-refractivity contribution in [2.45, 2.75) is 174 Å². The Bertz CT molecular complexity index is 943. The molecule has 0 rings (SSSR count). The number of rotatable bonds is 35. The molecule has 2 unspecified atom stereocenters. The van der Waals surface area contributed by atoms with Crippen molar-refractivity contribution in [3.05, 3.63) is 48.6 Å². The Morgan fingerprint density at radius 1 is 0.571 bits per heavy atom. The van der Waals surface area contributed by atoms with Gasteiger partial charge in [-0.15, -0.1) is 0 Å². The highest BCUT2D eigenvalue weighted by Crippen LogP contribution is 2.42. The Hall–Kier alpha value is -1.99. The van der Waals surface area contributed by atoms with Crippen molar-refractivity contribution in [1.29, 1.82) is 0 Å². The Morgan fingerprint density at radius 3 is 1.49 bits per heavy atom. The predicted molar refractivity (Wildman–Crippen MR) is 202 cm³/mol. The summed E-state index contributed by atoms with van der Waals surface area (Å²) in [6.45, 7) is 3.79. The van der Waals surface area contributed by atoms with E-state index in [0.717, 1.165) is 90.6 Å². The topological polar surface area (TPSA) is 108 Å². The van der Waals surface area contributed by atoms with Gasteiger partial charge in [0.2, 0.25) is 0 Å². The van der Waals surface area contributed by atoms with Gasteiger partial charge in [0.1, 0.15) is 6.61 Å². The molecule has 0 aromatic rings. The number of esters is 2. The molecule has 2 atom stereocenters. The van der Waals surface area contributed by atoms with Crippen LogP contribution in [0.2, 0.25) is 0 Å². The average molecular weight is 711 g/mol. The fourth-order valence-electron chi connectivity index (χ4n) is 5.00. The second-order valence-electron chi connectivity index (χ2n) is 12.7. The zero-order valence-electron chi connectivity index (χ0n) is 31.3. The van der Waals surface area contributed by atoms with Gasteiger partial charge in [0.15, 0.2) is 6.10 Å². The summed E-state index contributed by atoms with van der Waals surface area (Å²) in [7, 11) is -3.21. The molecule has 8 nitrogen and oxygen atoms in total. The number of phosphoric ester groups is 1. The zero-order chi connectivity index (χ0) is 36.1. The van der Waals surface area contributed by atoms with Crippen molar-refractivity contribution in [2.75, 3.05) is 20.3 Å². The quantitative estimate of drug-likeness (QED) is 0.0300. The second kappa shape index (κ2) is 35.8. The molecule has 0 radical (unpaired) electrons. The molecule has 0 spiro atoms. The maximum atomic E-state index is 12.5. The lowest BCUT2D eigenvalue weighted by Crippen LogP contribution is -2.29. The Balaban J connectivity index is 4.11. The Labute approximate surface area is 299 Å². The van der Waals surface area contributed by atoms with Crippen molar-refractivity contribution < 1.29 is 37.6 Å². The van der Waals surface area contributed by atoms with Crippen molar-refractivity contribution in [2.24, 2.45) is 0 Å². The molecule has 0 saturated carbocycles. The zero-order valence-corrected chi connectivity index (χ0v) is 32.2. The highest BCUT2D eigenvalue weighted by atomic mass is 31.2. The van der Waals surface area contributed by atoms with Crippen LogP contribution >= 0.6 is 7.82 Å². The van der Waals surface area contributed by atoms with Gasteiger partial charge < -0.3 is 14.4 Å². The monoisotopic (exact) mass is 710 g/mol. The molecule has 0 saturated heterocycles. The molecule has 49 heavy (non-hydrogen) atoms. The SMILES string of the molecule is CCCC/C=C\C/C=C\CCCCCCCC(=O)OCC(COP(=O)(O)OC)OC(=O)CCCCCCC/C=C\C/C=C\CCCCCC. The standard InChI is InChI=1S/C40H71O8P/c1-4-6-8-10-12-14-16-18-20-21-23-25-27-29-31-33-35-40(42)48-38(37-47-49(43,44)45-3)36-46-39(41)34-32-30-28-26-24-22-19-17-15-13-11-9-7-5-2/h11,13-14,16-17,19-21,38H,4-10,12,15,18,22-37H2,1-3H3,(H,43,44)/b13-11-,16-14-,19-17-,21-20-. The maximum Gasteiger partial charge on any atom is 0.472 e. The van der Waals surface area contributed by atoms with Gasteiger partial charge in [0, 0.05) is 20.0 Å². The van der Waals surface area contributed by atoms with Gasteiger partial charge in [-0.3, -0.25) is 18.6 Å². The lowest BCUT2D eigenvalue weighted by Gasteiger charge is -2.19. The van der Waals surface area contributed by atoms with Crippen LogP contribution in [0.3, 0.4) is 0 Å². The van der Waals surface area contributed by atoms with E-state index in [0.29, 0.717) is 6.42 Å². The Morgan fingerprint density at radius 2 is 1.00 bits per heavy atom. The number of ether oxygens (including phenoxy) is 2. The first-order valence-corrected chi connectivity index (χ1v) is 20.8. The minimum absolute atomic E-state index is 0.224. The number of carbonyl (C=O) groups excluding carboxylic acids is 2. The number of hydrogen-bond acceptors (Lipinski definition) is 7. The third kappa shape index (κ3) is 35.6. The minimum atomic E-state index is -4.27. The summed E-state index contributed by atoms with van der Waals surface area (Å²) in [5.74, 6) is -0.839. The van der Waals surface area contributed by atoms with Crippen LogP contribution in [0, 0.1) is 0 Å². The van der Waals surface area contributed by atoms with E-state index in [1.807, 2.05) is 0 Å². The fourth-order valence-corrected chi connectivity index (χ4v) is 5.46. The molecule has 0 aromatic heterocycles. The van der Waals surface area contributed by atoms with Crippen LogP contribution in [0.15, 0.2) is 48.6 Å². The van der Waals surface area contributed by atoms with Gasteiger partial charge in [-0.1, -0.05) is 133 Å². The smallest absolute Gasteiger partial charge is 0.462 e. The van der Waals surface area contributed by atoms with Gasteiger partial charge in [0.25, 0.3) is 0 Å². The van der Waals surface area contributed by atoms with E-state index >= 15 is 0 Å². The summed E-state index contributed by atoms with van der Waals surface area (Å²) in [5, 5.41) is 0. The van der Waals surface area contributed by atoms with Crippen LogP contribution in [0.25, 0.3) is 0 Å². The molecule has 9 heteroatoms. The van der Waals surface area contributed by atoms with Crippen molar-refractivity contribution in [3.63, 3.8) is 0 Å². The van der Waals surface area contributed by atoms with Crippen LogP contribution < -0.4 is 0 Å². The third-order valence-electron chi connectivity index (χ3n) is 8.05. The first-order valence-electron chi connectivity index (χ1n) is 19.3. The van der Waals surface area contributed by atoms with E-state index < -0.39 is 26.5 Å². The predicted octanol–water partition coefficient (Wildman–Crippen LogP) is 11.8. The molecule has 0 heterocycles. The van der Waals surface area contributed by atoms with Gasteiger partial charge in [-0.2, -0.15) is 0 Å². The lowest BCUT2D eigenvalue weighted by atomic mass is 10.1. The van der Waals surface area contributed by atoms with E-state index in [1.54, 1.807) is 0 Å². The van der Waals surface area contributed by atoms with Crippen LogP contribution in [-0.2, 0) is 32.7 Å². The molecule has 1 N–H and O–H groups in total. The van der Waals surface area contributed by atoms with Crippen LogP contribution in [0.4, 0.5) is 0 Å². The largest absolute Gasteiger partial charge is 0.472 e. The van der Waals surface area contributed by atoms with Crippen molar-refractivity contribution in [3.8, 4) is 0 Å². The molecule has 0 fully saturated rings. The summed E-state index contributed by atoms with van der Waals surface area (Å²) < 4.78 is 31.9. The number of carbonyl (C=O) groups is 2. The third-order valence-corrected chi connectivity index (χ3v) is 8.98. The van der Waals surface area contributed by atoms with E-state index in [-0.39, 0.29) is 25.4 Å². The molecule has 0 aliphatic carbocycles. The van der Waals surface area contributed by atoms with Gasteiger partial charge >= 0.3 is 19.8 Å². The van der Waals surface area contributed by atoms with Crippen LogP contribution in [0.5, 0.6) is 0 Å². The first kappa shape index (κ1) is 47.0.